The number of nitrogens with one attached hydrogen (secondary N) is 1. The summed E-state index contributed by atoms with van der Waals surface area (Å²) < 4.78 is 4.60. The molecule has 0 atom stereocenters. The molecule has 0 saturated carbocycles. The summed E-state index contributed by atoms with van der Waals surface area (Å²) in [6.07, 6.45) is 3.36. The zero-order chi connectivity index (χ0) is 5.54. The second kappa shape index (κ2) is 5.34. The molecule has 0 fully saturated rings. The first-order valence-corrected chi connectivity index (χ1v) is 2.33. The third-order valence-corrected chi connectivity index (χ3v) is 0.526. The van der Waals surface area contributed by atoms with Crippen molar-refractivity contribution in [2.75, 3.05) is 13.7 Å². The van der Waals surface area contributed by atoms with E-state index in [1.165, 1.54) is 0 Å². The van der Waals surface area contributed by atoms with Crippen molar-refractivity contribution in [3.8, 4) is 0 Å². The van der Waals surface area contributed by atoms with Gasteiger partial charge in [0.1, 0.15) is 0 Å². The molecule has 0 aliphatic carbocycles. The summed E-state index contributed by atoms with van der Waals surface area (Å²) in [6.45, 7) is 2.97. The van der Waals surface area contributed by atoms with E-state index in [1.807, 2.05) is 6.92 Å². The summed E-state index contributed by atoms with van der Waals surface area (Å²) >= 11 is 0. The van der Waals surface area contributed by atoms with E-state index >= 15 is 0 Å². The van der Waals surface area contributed by atoms with E-state index in [2.05, 4.69) is 10.1 Å². The van der Waals surface area contributed by atoms with Crippen molar-refractivity contribution in [3.05, 3.63) is 12.5 Å². The standard InChI is InChI=1S/C5H11NO/c1-3-6-4-5-7-2/h4-6H,3H2,1-2H3/b5-4-. The summed E-state index contributed by atoms with van der Waals surface area (Å²) in [7, 11) is 1.62. The molecule has 0 aliphatic rings. The Morgan fingerprint density at radius 3 is 2.86 bits per heavy atom. The van der Waals surface area contributed by atoms with Gasteiger partial charge in [-0.25, -0.2) is 0 Å². The lowest BCUT2D eigenvalue weighted by Gasteiger charge is -1.88. The molecule has 0 aromatic heterocycles. The van der Waals surface area contributed by atoms with Gasteiger partial charge in [0.25, 0.3) is 0 Å². The molecule has 0 aromatic rings. The Kier molecular flexibility index (Phi) is 4.84. The Hall–Kier alpha value is -0.660. The van der Waals surface area contributed by atoms with Gasteiger partial charge in [-0.1, -0.05) is 0 Å². The Balaban J connectivity index is 2.78. The van der Waals surface area contributed by atoms with Gasteiger partial charge in [-0.3, -0.25) is 0 Å². The Bertz CT molecular complexity index is 52.0. The van der Waals surface area contributed by atoms with E-state index in [0.717, 1.165) is 6.54 Å². The first kappa shape index (κ1) is 6.34. The van der Waals surface area contributed by atoms with Crippen LogP contribution >= 0.6 is 0 Å². The molecule has 0 aromatic carbocycles. The highest BCUT2D eigenvalue weighted by molar-refractivity contribution is 4.67. The molecule has 2 nitrogen and oxygen atoms in total. The van der Waals surface area contributed by atoms with Gasteiger partial charge in [-0.2, -0.15) is 0 Å². The van der Waals surface area contributed by atoms with Crippen LogP contribution in [0.25, 0.3) is 0 Å². The van der Waals surface area contributed by atoms with Crippen molar-refractivity contribution in [2.24, 2.45) is 0 Å². The quantitative estimate of drug-likeness (QED) is 0.529. The molecule has 0 saturated heterocycles. The predicted molar refractivity (Wildman–Crippen MR) is 29.8 cm³/mol. The minimum Gasteiger partial charge on any atom is -0.503 e. The van der Waals surface area contributed by atoms with Crippen molar-refractivity contribution in [2.45, 2.75) is 6.92 Å². The van der Waals surface area contributed by atoms with Crippen molar-refractivity contribution in [1.82, 2.24) is 5.32 Å². The molecule has 42 valence electrons. The fraction of sp³-hybridized carbons (Fsp3) is 0.600. The summed E-state index contributed by atoms with van der Waals surface area (Å²) in [6, 6.07) is 0. The molecule has 0 spiro atoms. The van der Waals surface area contributed by atoms with Gasteiger partial charge in [0.2, 0.25) is 0 Å². The second-order valence-corrected chi connectivity index (χ2v) is 1.10. The third-order valence-electron chi connectivity index (χ3n) is 0.526. The highest BCUT2D eigenvalue weighted by atomic mass is 16.5. The Labute approximate surface area is 44.2 Å². The van der Waals surface area contributed by atoms with Gasteiger partial charge in [0.05, 0.1) is 13.4 Å². The van der Waals surface area contributed by atoms with Crippen LogP contribution in [0.3, 0.4) is 0 Å². The molecular formula is C5H11NO. The smallest absolute Gasteiger partial charge is 0.0981 e. The summed E-state index contributed by atoms with van der Waals surface area (Å²) in [5.41, 5.74) is 0. The van der Waals surface area contributed by atoms with Crippen LogP contribution in [-0.2, 0) is 4.74 Å². The van der Waals surface area contributed by atoms with Crippen molar-refractivity contribution >= 4 is 0 Å². The van der Waals surface area contributed by atoms with E-state index in [4.69, 9.17) is 0 Å². The zero-order valence-corrected chi connectivity index (χ0v) is 4.77. The van der Waals surface area contributed by atoms with E-state index in [9.17, 15) is 0 Å². The summed E-state index contributed by atoms with van der Waals surface area (Å²) in [5.74, 6) is 0. The lowest BCUT2D eigenvalue weighted by molar-refractivity contribution is 0.335. The molecule has 0 unspecified atom stereocenters. The van der Waals surface area contributed by atoms with Gasteiger partial charge in [-0.05, 0) is 6.92 Å². The summed E-state index contributed by atoms with van der Waals surface area (Å²) in [5, 5.41) is 2.94. The predicted octanol–water partition coefficient (Wildman–Crippen LogP) is 0.714. The van der Waals surface area contributed by atoms with Crippen LogP contribution in [0.2, 0.25) is 0 Å². The second-order valence-electron chi connectivity index (χ2n) is 1.10. The molecule has 7 heavy (non-hydrogen) atoms. The molecule has 2 heteroatoms. The maximum Gasteiger partial charge on any atom is 0.0981 e. The van der Waals surface area contributed by atoms with E-state index in [-0.39, 0.29) is 0 Å². The molecule has 0 aliphatic heterocycles. The largest absolute Gasteiger partial charge is 0.503 e. The lowest BCUT2D eigenvalue weighted by Crippen LogP contribution is -2.01. The SMILES string of the molecule is CCN/C=C\OC. The van der Waals surface area contributed by atoms with Crippen LogP contribution in [0.15, 0.2) is 12.5 Å². The Morgan fingerprint density at radius 2 is 2.43 bits per heavy atom. The van der Waals surface area contributed by atoms with E-state index in [0.29, 0.717) is 0 Å². The Morgan fingerprint density at radius 1 is 1.71 bits per heavy atom. The van der Waals surface area contributed by atoms with Crippen LogP contribution in [0, 0.1) is 0 Å². The first-order chi connectivity index (χ1) is 3.41. The monoisotopic (exact) mass is 101 g/mol. The topological polar surface area (TPSA) is 21.3 Å². The third kappa shape index (κ3) is 5.34. The van der Waals surface area contributed by atoms with E-state index in [1.54, 1.807) is 19.6 Å². The molecular weight excluding hydrogens is 90.1 g/mol. The van der Waals surface area contributed by atoms with Gasteiger partial charge in [0.15, 0.2) is 0 Å². The number of rotatable bonds is 3. The zero-order valence-electron chi connectivity index (χ0n) is 4.77. The lowest BCUT2D eigenvalue weighted by atomic mass is 10.7. The number of hydrogen-bond acceptors (Lipinski definition) is 2. The van der Waals surface area contributed by atoms with Crippen molar-refractivity contribution in [1.29, 1.82) is 0 Å². The summed E-state index contributed by atoms with van der Waals surface area (Å²) in [4.78, 5) is 0. The molecule has 0 heterocycles. The minimum absolute atomic E-state index is 0.944. The highest BCUT2D eigenvalue weighted by Gasteiger charge is 1.62. The van der Waals surface area contributed by atoms with Crippen LogP contribution < -0.4 is 5.32 Å². The van der Waals surface area contributed by atoms with Crippen LogP contribution in [0.5, 0.6) is 0 Å². The fourth-order valence-corrected chi connectivity index (χ4v) is 0.234. The average molecular weight is 101 g/mol. The van der Waals surface area contributed by atoms with Gasteiger partial charge >= 0.3 is 0 Å². The van der Waals surface area contributed by atoms with Gasteiger partial charge in [-0.15, -0.1) is 0 Å². The van der Waals surface area contributed by atoms with Crippen LogP contribution in [0.4, 0.5) is 0 Å². The molecule has 1 N–H and O–H groups in total. The molecule has 0 bridgehead atoms. The van der Waals surface area contributed by atoms with Gasteiger partial charge in [0, 0.05) is 12.7 Å². The molecule has 0 radical (unpaired) electrons. The minimum atomic E-state index is 0.944. The molecule has 0 amide bonds. The average Bonchev–Trinajstić information content (AvgIpc) is 1.69. The van der Waals surface area contributed by atoms with Crippen molar-refractivity contribution < 1.29 is 4.74 Å². The normalized spacial score (nSPS) is 9.43. The number of ether oxygens (including phenoxy) is 1. The van der Waals surface area contributed by atoms with Crippen molar-refractivity contribution in [3.63, 3.8) is 0 Å². The van der Waals surface area contributed by atoms with Crippen LogP contribution in [-0.4, -0.2) is 13.7 Å². The number of hydrogen-bond donors (Lipinski definition) is 1. The maximum absolute atomic E-state index is 4.60. The first-order valence-electron chi connectivity index (χ1n) is 2.33. The molecule has 0 rings (SSSR count). The number of methoxy groups -OCH3 is 1. The fourth-order valence-electron chi connectivity index (χ4n) is 0.234. The van der Waals surface area contributed by atoms with Crippen LogP contribution in [0.1, 0.15) is 6.92 Å². The van der Waals surface area contributed by atoms with Gasteiger partial charge < -0.3 is 10.1 Å². The highest BCUT2D eigenvalue weighted by Crippen LogP contribution is 1.64. The van der Waals surface area contributed by atoms with E-state index < -0.39 is 0 Å². The maximum atomic E-state index is 4.60.